The minimum atomic E-state index is -0.646. The van der Waals surface area contributed by atoms with Crippen molar-refractivity contribution >= 4 is 17.3 Å². The van der Waals surface area contributed by atoms with E-state index in [-0.39, 0.29) is 12.3 Å². The van der Waals surface area contributed by atoms with E-state index in [1.54, 1.807) is 30.3 Å². The van der Waals surface area contributed by atoms with Crippen molar-refractivity contribution in [1.29, 1.82) is 0 Å². The zero-order chi connectivity index (χ0) is 19.1. The van der Waals surface area contributed by atoms with Gasteiger partial charge in [-0.05, 0) is 11.6 Å². The van der Waals surface area contributed by atoms with E-state index in [9.17, 15) is 14.9 Å². The molecule has 2 aliphatic heterocycles. The van der Waals surface area contributed by atoms with Crippen LogP contribution < -0.4 is 14.8 Å². The number of rotatable bonds is 4. The van der Waals surface area contributed by atoms with E-state index in [1.807, 2.05) is 0 Å². The molecule has 2 aliphatic rings. The molecule has 2 aromatic carbocycles. The number of benzene rings is 2. The number of hydrogen-bond acceptors (Lipinski definition) is 7. The number of carbonyl (C=O) groups excluding carboxylic acids is 1. The van der Waals surface area contributed by atoms with E-state index < -0.39 is 16.8 Å². The molecule has 0 saturated heterocycles. The lowest BCUT2D eigenvalue weighted by molar-refractivity contribution is -0.385. The van der Waals surface area contributed by atoms with E-state index in [2.05, 4.69) is 5.32 Å². The maximum atomic E-state index is 12.4. The van der Waals surface area contributed by atoms with Crippen molar-refractivity contribution in [2.24, 2.45) is 0 Å². The second-order valence-electron chi connectivity index (χ2n) is 6.14. The number of esters is 1. The fourth-order valence-electron chi connectivity index (χ4n) is 3.59. The van der Waals surface area contributed by atoms with Crippen LogP contribution in [0.4, 0.5) is 11.4 Å². The monoisotopic (exact) mass is 368 g/mol. The second kappa shape index (κ2) is 6.31. The summed E-state index contributed by atoms with van der Waals surface area (Å²) in [4.78, 5) is 23.6. The Balaban J connectivity index is 2.00. The number of cyclic esters (lactones) is 1. The lowest BCUT2D eigenvalue weighted by atomic mass is 9.80. The zero-order valence-corrected chi connectivity index (χ0v) is 14.6. The van der Waals surface area contributed by atoms with Crippen LogP contribution in [0.15, 0.2) is 47.7 Å². The van der Waals surface area contributed by atoms with Gasteiger partial charge >= 0.3 is 5.97 Å². The van der Waals surface area contributed by atoms with Crippen molar-refractivity contribution in [3.8, 4) is 11.5 Å². The lowest BCUT2D eigenvalue weighted by Gasteiger charge is -2.28. The van der Waals surface area contributed by atoms with Crippen LogP contribution in [-0.4, -0.2) is 31.7 Å². The third-order valence-corrected chi connectivity index (χ3v) is 4.78. The van der Waals surface area contributed by atoms with Gasteiger partial charge in [-0.25, -0.2) is 4.79 Å². The van der Waals surface area contributed by atoms with Gasteiger partial charge in [-0.1, -0.05) is 18.2 Å². The highest BCUT2D eigenvalue weighted by atomic mass is 16.6. The number of nitro benzene ring substituents is 1. The molecule has 138 valence electrons. The van der Waals surface area contributed by atoms with Gasteiger partial charge in [0.05, 0.1) is 36.3 Å². The van der Waals surface area contributed by atoms with Crippen LogP contribution >= 0.6 is 0 Å². The third kappa shape index (κ3) is 2.57. The Kier molecular flexibility index (Phi) is 3.95. The SMILES string of the molecule is COc1cc2c(cc1OC)C(c1ccccc1[N+](=O)[O-])C1=C(COC1=O)N2. The first-order valence-corrected chi connectivity index (χ1v) is 8.21. The van der Waals surface area contributed by atoms with Gasteiger partial charge in [0, 0.05) is 23.4 Å². The number of ether oxygens (including phenoxy) is 3. The number of nitrogens with zero attached hydrogens (tertiary/aromatic N) is 1. The van der Waals surface area contributed by atoms with E-state index in [0.29, 0.717) is 39.6 Å². The minimum Gasteiger partial charge on any atom is -0.493 e. The summed E-state index contributed by atoms with van der Waals surface area (Å²) >= 11 is 0. The van der Waals surface area contributed by atoms with Crippen molar-refractivity contribution in [3.05, 3.63) is 68.9 Å². The molecule has 0 saturated carbocycles. The van der Waals surface area contributed by atoms with Crippen LogP contribution in [0.25, 0.3) is 0 Å². The maximum Gasteiger partial charge on any atom is 0.337 e. The van der Waals surface area contributed by atoms with Gasteiger partial charge in [-0.3, -0.25) is 10.1 Å². The van der Waals surface area contributed by atoms with Crippen LogP contribution in [-0.2, 0) is 9.53 Å². The molecule has 0 amide bonds. The van der Waals surface area contributed by atoms with E-state index in [1.165, 1.54) is 20.3 Å². The maximum absolute atomic E-state index is 12.4. The fourth-order valence-corrected chi connectivity index (χ4v) is 3.59. The molecule has 0 radical (unpaired) electrons. The number of nitro groups is 1. The first-order chi connectivity index (χ1) is 13.0. The Bertz CT molecular complexity index is 998. The summed E-state index contributed by atoms with van der Waals surface area (Å²) in [6.07, 6.45) is 0. The molecule has 2 aromatic rings. The molecule has 2 heterocycles. The van der Waals surface area contributed by atoms with E-state index >= 15 is 0 Å². The Morgan fingerprint density at radius 1 is 1.15 bits per heavy atom. The molecule has 0 bridgehead atoms. The van der Waals surface area contributed by atoms with Crippen molar-refractivity contribution in [2.75, 3.05) is 26.1 Å². The van der Waals surface area contributed by atoms with E-state index in [4.69, 9.17) is 14.2 Å². The van der Waals surface area contributed by atoms with E-state index in [0.717, 1.165) is 0 Å². The molecule has 4 rings (SSSR count). The van der Waals surface area contributed by atoms with Crippen molar-refractivity contribution in [2.45, 2.75) is 5.92 Å². The first kappa shape index (κ1) is 16.9. The van der Waals surface area contributed by atoms with Gasteiger partial charge in [0.25, 0.3) is 5.69 Å². The summed E-state index contributed by atoms with van der Waals surface area (Å²) in [6.45, 7) is 0.0963. The summed E-state index contributed by atoms with van der Waals surface area (Å²) in [5, 5.41) is 14.8. The molecule has 1 atom stereocenters. The number of nitrogens with one attached hydrogen (secondary N) is 1. The summed E-state index contributed by atoms with van der Waals surface area (Å²) in [6, 6.07) is 9.88. The molecular weight excluding hydrogens is 352 g/mol. The van der Waals surface area contributed by atoms with Crippen LogP contribution in [0.3, 0.4) is 0 Å². The lowest BCUT2D eigenvalue weighted by Crippen LogP contribution is -2.20. The standard InChI is InChI=1S/C19H16N2O6/c1-25-15-7-11-12(8-16(15)26-2)20-13-9-27-19(22)18(13)17(11)10-5-3-4-6-14(10)21(23)24/h3-8,17,20H,9H2,1-2H3. The predicted octanol–water partition coefficient (Wildman–Crippen LogP) is 2.98. The topological polar surface area (TPSA) is 99.9 Å². The van der Waals surface area contributed by atoms with Crippen LogP contribution in [0, 0.1) is 10.1 Å². The van der Waals surface area contributed by atoms with Crippen LogP contribution in [0.2, 0.25) is 0 Å². The van der Waals surface area contributed by atoms with Gasteiger partial charge < -0.3 is 19.5 Å². The normalized spacial score (nSPS) is 17.6. The second-order valence-corrected chi connectivity index (χ2v) is 6.14. The number of para-hydroxylation sites is 1. The largest absolute Gasteiger partial charge is 0.493 e. The first-order valence-electron chi connectivity index (χ1n) is 8.21. The van der Waals surface area contributed by atoms with Gasteiger partial charge in [-0.15, -0.1) is 0 Å². The number of fused-ring (bicyclic) bond motifs is 1. The Hall–Kier alpha value is -3.55. The third-order valence-electron chi connectivity index (χ3n) is 4.78. The number of hydrogen-bond donors (Lipinski definition) is 1. The molecule has 0 aromatic heterocycles. The number of carbonyl (C=O) groups is 1. The molecule has 8 heteroatoms. The molecule has 1 N–H and O–H groups in total. The number of anilines is 1. The van der Waals surface area contributed by atoms with Crippen LogP contribution in [0.1, 0.15) is 17.0 Å². The number of methoxy groups -OCH3 is 2. The molecule has 8 nitrogen and oxygen atoms in total. The smallest absolute Gasteiger partial charge is 0.337 e. The Labute approximate surface area is 154 Å². The molecule has 0 fully saturated rings. The van der Waals surface area contributed by atoms with Gasteiger partial charge in [0.15, 0.2) is 11.5 Å². The summed E-state index contributed by atoms with van der Waals surface area (Å²) in [5.74, 6) is -0.148. The van der Waals surface area contributed by atoms with Gasteiger partial charge in [0.1, 0.15) is 6.61 Å². The molecule has 1 unspecified atom stereocenters. The highest BCUT2D eigenvalue weighted by molar-refractivity contribution is 5.97. The Morgan fingerprint density at radius 2 is 1.85 bits per heavy atom. The average molecular weight is 368 g/mol. The molecular formula is C19H16N2O6. The highest BCUT2D eigenvalue weighted by Crippen LogP contribution is 2.49. The molecule has 0 spiro atoms. The van der Waals surface area contributed by atoms with Gasteiger partial charge in [0.2, 0.25) is 0 Å². The summed E-state index contributed by atoms with van der Waals surface area (Å²) < 4.78 is 15.9. The molecule has 0 aliphatic carbocycles. The molecule has 27 heavy (non-hydrogen) atoms. The van der Waals surface area contributed by atoms with Crippen molar-refractivity contribution < 1.29 is 23.9 Å². The predicted molar refractivity (Wildman–Crippen MR) is 96.1 cm³/mol. The van der Waals surface area contributed by atoms with Crippen molar-refractivity contribution in [1.82, 2.24) is 0 Å². The van der Waals surface area contributed by atoms with Crippen LogP contribution in [0.5, 0.6) is 11.5 Å². The van der Waals surface area contributed by atoms with Gasteiger partial charge in [-0.2, -0.15) is 0 Å². The Morgan fingerprint density at radius 3 is 2.56 bits per heavy atom. The van der Waals surface area contributed by atoms with Crippen molar-refractivity contribution in [3.63, 3.8) is 0 Å². The minimum absolute atomic E-state index is 0.0586. The average Bonchev–Trinajstić information content (AvgIpc) is 3.05. The summed E-state index contributed by atoms with van der Waals surface area (Å²) in [7, 11) is 3.04. The zero-order valence-electron chi connectivity index (χ0n) is 14.6. The summed E-state index contributed by atoms with van der Waals surface area (Å²) in [5.41, 5.74) is 2.71. The highest BCUT2D eigenvalue weighted by Gasteiger charge is 2.41. The fraction of sp³-hybridized carbons (Fsp3) is 0.211. The quantitative estimate of drug-likeness (QED) is 0.503.